The number of para-hydroxylation sites is 2. The van der Waals surface area contributed by atoms with Crippen molar-refractivity contribution in [2.24, 2.45) is 11.8 Å². The molecule has 2 aromatic rings. The minimum absolute atomic E-state index is 0.208. The van der Waals surface area contributed by atoms with Crippen molar-refractivity contribution < 1.29 is 28.7 Å². The molecule has 1 fully saturated rings. The van der Waals surface area contributed by atoms with Gasteiger partial charge in [0, 0.05) is 0 Å². The fourth-order valence-corrected chi connectivity index (χ4v) is 4.05. The van der Waals surface area contributed by atoms with Crippen LogP contribution in [0.1, 0.15) is 30.1 Å². The third-order valence-corrected chi connectivity index (χ3v) is 5.66. The number of hydrogen-bond donors (Lipinski definition) is 1. The molecule has 170 valence electrons. The zero-order valence-electron chi connectivity index (χ0n) is 18.2. The van der Waals surface area contributed by atoms with E-state index in [-0.39, 0.29) is 29.2 Å². The number of carbonyl (C=O) groups is 4. The summed E-state index contributed by atoms with van der Waals surface area (Å²) in [5, 5.41) is 2.65. The standard InChI is InChI=1S/C25H24N2O6/c1-2-32-21-10-6-5-9-20(21)26-22(28)15-33-25(31)16-11-13-17(14-12-16)27-23(29)18-7-3-4-8-19(18)24(27)30/h3-6,9-14,18-19H,2,7-8,15H2,1H3,(H,26,28)/t18-,19+. The van der Waals surface area contributed by atoms with Crippen LogP contribution in [0.4, 0.5) is 11.4 Å². The number of imide groups is 1. The van der Waals surface area contributed by atoms with Crippen LogP contribution in [0.25, 0.3) is 0 Å². The fourth-order valence-electron chi connectivity index (χ4n) is 4.05. The number of ether oxygens (including phenoxy) is 2. The van der Waals surface area contributed by atoms with Crippen LogP contribution in [0.3, 0.4) is 0 Å². The van der Waals surface area contributed by atoms with Gasteiger partial charge in [-0.1, -0.05) is 24.3 Å². The number of carbonyl (C=O) groups excluding carboxylic acids is 4. The first kappa shape index (κ1) is 22.3. The molecule has 1 heterocycles. The van der Waals surface area contributed by atoms with Crippen LogP contribution in [0.15, 0.2) is 60.7 Å². The molecule has 0 radical (unpaired) electrons. The quantitative estimate of drug-likeness (QED) is 0.396. The lowest BCUT2D eigenvalue weighted by Gasteiger charge is -2.15. The summed E-state index contributed by atoms with van der Waals surface area (Å²) in [6.07, 6.45) is 4.99. The van der Waals surface area contributed by atoms with Crippen molar-refractivity contribution in [2.45, 2.75) is 19.8 Å². The Kier molecular flexibility index (Phi) is 6.53. The lowest BCUT2D eigenvalue weighted by atomic mass is 9.85. The van der Waals surface area contributed by atoms with E-state index < -0.39 is 18.5 Å². The van der Waals surface area contributed by atoms with E-state index in [1.165, 1.54) is 29.2 Å². The topological polar surface area (TPSA) is 102 Å². The summed E-state index contributed by atoms with van der Waals surface area (Å²) in [7, 11) is 0. The molecule has 2 aromatic carbocycles. The van der Waals surface area contributed by atoms with Gasteiger partial charge in [0.15, 0.2) is 6.61 Å². The van der Waals surface area contributed by atoms with E-state index in [1.807, 2.05) is 19.1 Å². The van der Waals surface area contributed by atoms with Gasteiger partial charge in [0.2, 0.25) is 11.8 Å². The highest BCUT2D eigenvalue weighted by Gasteiger charge is 2.47. The van der Waals surface area contributed by atoms with Gasteiger partial charge in [-0.15, -0.1) is 0 Å². The van der Waals surface area contributed by atoms with Crippen LogP contribution >= 0.6 is 0 Å². The first-order valence-corrected chi connectivity index (χ1v) is 10.8. The van der Waals surface area contributed by atoms with Crippen molar-refractivity contribution in [1.82, 2.24) is 0 Å². The summed E-state index contributed by atoms with van der Waals surface area (Å²) in [4.78, 5) is 51.1. The minimum atomic E-state index is -0.688. The molecular weight excluding hydrogens is 424 g/mol. The number of esters is 1. The average Bonchev–Trinajstić information content (AvgIpc) is 3.09. The van der Waals surface area contributed by atoms with Gasteiger partial charge in [-0.3, -0.25) is 19.3 Å². The van der Waals surface area contributed by atoms with Gasteiger partial charge >= 0.3 is 5.97 Å². The van der Waals surface area contributed by atoms with E-state index in [0.29, 0.717) is 36.6 Å². The van der Waals surface area contributed by atoms with E-state index in [2.05, 4.69) is 5.32 Å². The summed E-state index contributed by atoms with van der Waals surface area (Å²) in [6, 6.07) is 13.0. The molecule has 0 saturated carbocycles. The fraction of sp³-hybridized carbons (Fsp3) is 0.280. The number of amides is 3. The molecule has 0 spiro atoms. The van der Waals surface area contributed by atoms with Crippen molar-refractivity contribution in [3.8, 4) is 5.75 Å². The summed E-state index contributed by atoms with van der Waals surface area (Å²) >= 11 is 0. The third kappa shape index (κ3) is 4.64. The number of anilines is 2. The van der Waals surface area contributed by atoms with Crippen LogP contribution in [0.5, 0.6) is 5.75 Å². The number of nitrogens with one attached hydrogen (secondary N) is 1. The minimum Gasteiger partial charge on any atom is -0.492 e. The molecule has 2 aliphatic rings. The van der Waals surface area contributed by atoms with Crippen LogP contribution in [-0.2, 0) is 19.1 Å². The van der Waals surface area contributed by atoms with Gasteiger partial charge in [0.25, 0.3) is 5.91 Å². The maximum atomic E-state index is 12.7. The SMILES string of the molecule is CCOc1ccccc1NC(=O)COC(=O)c1ccc(N2C(=O)[C@H]3CC=CC[C@H]3C2=O)cc1. The summed E-state index contributed by atoms with van der Waals surface area (Å²) < 4.78 is 10.6. The molecule has 2 atom stereocenters. The Balaban J connectivity index is 1.35. The van der Waals surface area contributed by atoms with Crippen molar-refractivity contribution in [1.29, 1.82) is 0 Å². The number of benzene rings is 2. The monoisotopic (exact) mass is 448 g/mol. The molecule has 1 N–H and O–H groups in total. The number of allylic oxidation sites excluding steroid dienone is 2. The van der Waals surface area contributed by atoms with Gasteiger partial charge in [0.05, 0.1) is 35.4 Å². The Hall–Kier alpha value is -3.94. The van der Waals surface area contributed by atoms with Gasteiger partial charge in [-0.05, 0) is 56.2 Å². The van der Waals surface area contributed by atoms with Crippen molar-refractivity contribution in [3.05, 3.63) is 66.2 Å². The first-order valence-electron chi connectivity index (χ1n) is 10.8. The number of rotatable bonds is 7. The van der Waals surface area contributed by atoms with Crippen LogP contribution in [0, 0.1) is 11.8 Å². The molecule has 8 nitrogen and oxygen atoms in total. The van der Waals surface area contributed by atoms with Crippen LogP contribution in [-0.4, -0.2) is 36.9 Å². The van der Waals surface area contributed by atoms with Crippen molar-refractivity contribution in [3.63, 3.8) is 0 Å². The van der Waals surface area contributed by atoms with E-state index in [1.54, 1.807) is 24.3 Å². The van der Waals surface area contributed by atoms with Crippen molar-refractivity contribution in [2.75, 3.05) is 23.4 Å². The van der Waals surface area contributed by atoms with Gasteiger partial charge in [0.1, 0.15) is 5.75 Å². The second kappa shape index (κ2) is 9.68. The Labute approximate surface area is 191 Å². The molecule has 0 bridgehead atoms. The highest BCUT2D eigenvalue weighted by molar-refractivity contribution is 6.22. The van der Waals surface area contributed by atoms with E-state index in [4.69, 9.17) is 9.47 Å². The first-order chi connectivity index (χ1) is 16.0. The lowest BCUT2D eigenvalue weighted by molar-refractivity contribution is -0.122. The number of nitrogens with zero attached hydrogens (tertiary/aromatic N) is 1. The Morgan fingerprint density at radius 3 is 2.24 bits per heavy atom. The second-order valence-corrected chi connectivity index (χ2v) is 7.77. The van der Waals surface area contributed by atoms with E-state index in [9.17, 15) is 19.2 Å². The molecule has 0 aromatic heterocycles. The smallest absolute Gasteiger partial charge is 0.338 e. The summed E-state index contributed by atoms with van der Waals surface area (Å²) in [6.45, 7) is 1.82. The lowest BCUT2D eigenvalue weighted by Crippen LogP contribution is -2.30. The normalized spacial score (nSPS) is 19.2. The zero-order valence-corrected chi connectivity index (χ0v) is 18.2. The molecule has 8 heteroatoms. The molecule has 3 amide bonds. The molecule has 1 aliphatic heterocycles. The maximum absolute atomic E-state index is 12.7. The Morgan fingerprint density at radius 1 is 0.970 bits per heavy atom. The highest BCUT2D eigenvalue weighted by Crippen LogP contribution is 2.37. The number of hydrogen-bond acceptors (Lipinski definition) is 6. The molecule has 33 heavy (non-hydrogen) atoms. The highest BCUT2D eigenvalue weighted by atomic mass is 16.5. The van der Waals surface area contributed by atoms with E-state index in [0.717, 1.165) is 0 Å². The predicted molar refractivity (Wildman–Crippen MR) is 121 cm³/mol. The van der Waals surface area contributed by atoms with Gasteiger partial charge in [-0.25, -0.2) is 4.79 Å². The summed E-state index contributed by atoms with van der Waals surface area (Å²) in [5.41, 5.74) is 1.11. The Morgan fingerprint density at radius 2 is 1.61 bits per heavy atom. The van der Waals surface area contributed by atoms with Gasteiger partial charge in [-0.2, -0.15) is 0 Å². The predicted octanol–water partition coefficient (Wildman–Crippen LogP) is 3.34. The molecule has 1 saturated heterocycles. The van der Waals surface area contributed by atoms with Crippen LogP contribution in [0.2, 0.25) is 0 Å². The molecule has 4 rings (SSSR count). The average molecular weight is 448 g/mol. The zero-order chi connectivity index (χ0) is 23.4. The maximum Gasteiger partial charge on any atom is 0.338 e. The third-order valence-electron chi connectivity index (χ3n) is 5.66. The number of fused-ring (bicyclic) bond motifs is 1. The second-order valence-electron chi connectivity index (χ2n) is 7.77. The van der Waals surface area contributed by atoms with E-state index >= 15 is 0 Å². The van der Waals surface area contributed by atoms with Crippen molar-refractivity contribution >= 4 is 35.1 Å². The van der Waals surface area contributed by atoms with Crippen LogP contribution < -0.4 is 15.0 Å². The molecule has 0 unspecified atom stereocenters. The molecular formula is C25H24N2O6. The molecule has 1 aliphatic carbocycles. The largest absolute Gasteiger partial charge is 0.492 e. The summed E-state index contributed by atoms with van der Waals surface area (Å²) in [5.74, 6) is -1.74. The van der Waals surface area contributed by atoms with Gasteiger partial charge < -0.3 is 14.8 Å². The Bertz CT molecular complexity index is 1080.